The molecule has 0 aliphatic carbocycles. The number of hydrogen-bond donors (Lipinski definition) is 3. The molecule has 4 rings (SSSR count). The van der Waals surface area contributed by atoms with Crippen LogP contribution in [0.5, 0.6) is 0 Å². The molecule has 132 valence electrons. The van der Waals surface area contributed by atoms with Gasteiger partial charge in [-0.25, -0.2) is 15.0 Å². The first-order valence-corrected chi connectivity index (χ1v) is 8.26. The number of nitrogens with two attached hydrogens (primary N) is 1. The molecule has 3 heterocycles. The number of carbonyl (C=O) groups is 1. The molecular formula is C18H18N6O2. The van der Waals surface area contributed by atoms with Crippen molar-refractivity contribution in [2.75, 3.05) is 24.3 Å². The maximum Gasteiger partial charge on any atom is 0.270 e. The van der Waals surface area contributed by atoms with Crippen LogP contribution in [0.25, 0.3) is 10.8 Å². The SMILES string of the molecule is Nc1cc2ccc(CNC(=O)c3cc(NC4COC4)ncn3)cc2cn1. The molecule has 4 N–H and O–H groups in total. The van der Waals surface area contributed by atoms with Crippen molar-refractivity contribution in [3.63, 3.8) is 0 Å². The van der Waals surface area contributed by atoms with Crippen molar-refractivity contribution in [3.8, 4) is 0 Å². The highest BCUT2D eigenvalue weighted by Crippen LogP contribution is 2.17. The second-order valence-corrected chi connectivity index (χ2v) is 6.14. The van der Waals surface area contributed by atoms with Crippen molar-refractivity contribution in [3.05, 3.63) is 54.1 Å². The molecule has 1 aliphatic rings. The van der Waals surface area contributed by atoms with Crippen LogP contribution in [0.1, 0.15) is 16.1 Å². The Labute approximate surface area is 149 Å². The fourth-order valence-electron chi connectivity index (χ4n) is 2.68. The van der Waals surface area contributed by atoms with Gasteiger partial charge in [-0.1, -0.05) is 12.1 Å². The first-order chi connectivity index (χ1) is 12.7. The number of fused-ring (bicyclic) bond motifs is 1. The third-order valence-electron chi connectivity index (χ3n) is 4.15. The number of nitrogens with one attached hydrogen (secondary N) is 2. The van der Waals surface area contributed by atoms with Crippen LogP contribution in [0.4, 0.5) is 11.6 Å². The summed E-state index contributed by atoms with van der Waals surface area (Å²) in [5.41, 5.74) is 6.97. The zero-order chi connectivity index (χ0) is 17.9. The number of pyridine rings is 1. The molecule has 0 unspecified atom stereocenters. The second-order valence-electron chi connectivity index (χ2n) is 6.14. The molecule has 1 fully saturated rings. The summed E-state index contributed by atoms with van der Waals surface area (Å²) in [4.78, 5) is 24.6. The molecule has 0 atom stereocenters. The second kappa shape index (κ2) is 6.93. The number of ether oxygens (including phenoxy) is 1. The molecule has 1 amide bonds. The van der Waals surface area contributed by atoms with Crippen molar-refractivity contribution in [1.29, 1.82) is 0 Å². The Kier molecular flexibility index (Phi) is 4.32. The first-order valence-electron chi connectivity index (χ1n) is 8.26. The Morgan fingerprint density at radius 2 is 2.04 bits per heavy atom. The normalized spacial score (nSPS) is 14.0. The van der Waals surface area contributed by atoms with Gasteiger partial charge in [0, 0.05) is 24.2 Å². The van der Waals surface area contributed by atoms with E-state index in [4.69, 9.17) is 10.5 Å². The Morgan fingerprint density at radius 1 is 1.15 bits per heavy atom. The van der Waals surface area contributed by atoms with Crippen LogP contribution in [-0.2, 0) is 11.3 Å². The zero-order valence-electron chi connectivity index (χ0n) is 14.0. The van der Waals surface area contributed by atoms with Crippen LogP contribution in [0.15, 0.2) is 42.9 Å². The van der Waals surface area contributed by atoms with Gasteiger partial charge >= 0.3 is 0 Å². The molecule has 0 bridgehead atoms. The first kappa shape index (κ1) is 16.2. The van der Waals surface area contributed by atoms with Gasteiger partial charge in [-0.2, -0.15) is 0 Å². The summed E-state index contributed by atoms with van der Waals surface area (Å²) < 4.78 is 5.11. The van der Waals surface area contributed by atoms with E-state index in [0.29, 0.717) is 37.1 Å². The smallest absolute Gasteiger partial charge is 0.270 e. The summed E-state index contributed by atoms with van der Waals surface area (Å²) in [7, 11) is 0. The van der Waals surface area contributed by atoms with E-state index in [1.807, 2.05) is 24.3 Å². The lowest BCUT2D eigenvalue weighted by molar-refractivity contribution is 0.0209. The highest BCUT2D eigenvalue weighted by atomic mass is 16.5. The number of benzene rings is 1. The molecule has 0 spiro atoms. The van der Waals surface area contributed by atoms with Crippen LogP contribution in [0, 0.1) is 0 Å². The predicted octanol–water partition coefficient (Wildman–Crippen LogP) is 1.35. The average molecular weight is 350 g/mol. The summed E-state index contributed by atoms with van der Waals surface area (Å²) in [5, 5.41) is 8.06. The standard InChI is InChI=1S/C18H18N6O2/c19-16-4-12-2-1-11(3-13(12)7-20-16)6-21-18(25)15-5-17(23-10-22-15)24-14-8-26-9-14/h1-5,7,10,14H,6,8-9H2,(H2,19,20)(H,21,25)(H,22,23,24). The van der Waals surface area contributed by atoms with Gasteiger partial charge in [-0.05, 0) is 23.1 Å². The average Bonchev–Trinajstić information content (AvgIpc) is 2.63. The summed E-state index contributed by atoms with van der Waals surface area (Å²) in [6.45, 7) is 1.68. The fraction of sp³-hybridized carbons (Fsp3) is 0.222. The van der Waals surface area contributed by atoms with Gasteiger partial charge in [0.15, 0.2) is 0 Å². The predicted molar refractivity (Wildman–Crippen MR) is 97.6 cm³/mol. The van der Waals surface area contributed by atoms with E-state index in [2.05, 4.69) is 25.6 Å². The highest BCUT2D eigenvalue weighted by molar-refractivity contribution is 5.93. The number of rotatable bonds is 5. The van der Waals surface area contributed by atoms with E-state index in [1.165, 1.54) is 6.33 Å². The maximum atomic E-state index is 12.4. The molecule has 0 saturated carbocycles. The Hall–Kier alpha value is -3.26. The number of aromatic nitrogens is 3. The van der Waals surface area contributed by atoms with Crippen LogP contribution in [-0.4, -0.2) is 40.1 Å². The summed E-state index contributed by atoms with van der Waals surface area (Å²) in [6, 6.07) is 9.58. The third-order valence-corrected chi connectivity index (χ3v) is 4.15. The van der Waals surface area contributed by atoms with Gasteiger partial charge in [0.05, 0.1) is 19.3 Å². The van der Waals surface area contributed by atoms with Crippen LogP contribution in [0.3, 0.4) is 0 Å². The number of carbonyl (C=O) groups excluding carboxylic acids is 1. The van der Waals surface area contributed by atoms with Crippen molar-refractivity contribution in [2.45, 2.75) is 12.6 Å². The van der Waals surface area contributed by atoms with Crippen LogP contribution in [0.2, 0.25) is 0 Å². The van der Waals surface area contributed by atoms with Gasteiger partial charge < -0.3 is 21.1 Å². The maximum absolute atomic E-state index is 12.4. The topological polar surface area (TPSA) is 115 Å². The minimum atomic E-state index is -0.254. The number of nitrogen functional groups attached to an aromatic ring is 1. The lowest BCUT2D eigenvalue weighted by Gasteiger charge is -2.27. The van der Waals surface area contributed by atoms with E-state index >= 15 is 0 Å². The minimum absolute atomic E-state index is 0.237. The van der Waals surface area contributed by atoms with Crippen LogP contribution < -0.4 is 16.4 Å². The molecule has 1 aromatic carbocycles. The summed E-state index contributed by atoms with van der Waals surface area (Å²) in [5.74, 6) is 0.851. The van der Waals surface area contributed by atoms with E-state index in [9.17, 15) is 4.79 Å². The van der Waals surface area contributed by atoms with Gasteiger partial charge in [0.2, 0.25) is 0 Å². The molecule has 0 radical (unpaired) electrons. The monoisotopic (exact) mass is 350 g/mol. The molecule has 3 aromatic rings. The van der Waals surface area contributed by atoms with Crippen molar-refractivity contribution in [1.82, 2.24) is 20.3 Å². The summed E-state index contributed by atoms with van der Waals surface area (Å²) in [6.07, 6.45) is 3.10. The van der Waals surface area contributed by atoms with E-state index in [-0.39, 0.29) is 11.9 Å². The van der Waals surface area contributed by atoms with Gasteiger partial charge in [0.25, 0.3) is 5.91 Å². The zero-order valence-corrected chi connectivity index (χ0v) is 14.0. The van der Waals surface area contributed by atoms with Gasteiger partial charge in [-0.15, -0.1) is 0 Å². The van der Waals surface area contributed by atoms with Crippen molar-refractivity contribution < 1.29 is 9.53 Å². The number of hydrogen-bond acceptors (Lipinski definition) is 7. The van der Waals surface area contributed by atoms with E-state index < -0.39 is 0 Å². The van der Waals surface area contributed by atoms with E-state index in [1.54, 1.807) is 12.3 Å². The van der Waals surface area contributed by atoms with Crippen LogP contribution >= 0.6 is 0 Å². The number of amides is 1. The lowest BCUT2D eigenvalue weighted by atomic mass is 10.1. The third kappa shape index (κ3) is 3.55. The number of nitrogens with zero attached hydrogens (tertiary/aromatic N) is 3. The minimum Gasteiger partial charge on any atom is -0.384 e. The highest BCUT2D eigenvalue weighted by Gasteiger charge is 2.19. The largest absolute Gasteiger partial charge is 0.384 e. The molecular weight excluding hydrogens is 332 g/mol. The quantitative estimate of drug-likeness (QED) is 0.636. The molecule has 26 heavy (non-hydrogen) atoms. The molecule has 2 aromatic heterocycles. The molecule has 8 heteroatoms. The Morgan fingerprint density at radius 3 is 2.85 bits per heavy atom. The Bertz CT molecular complexity index is 957. The fourth-order valence-corrected chi connectivity index (χ4v) is 2.68. The van der Waals surface area contributed by atoms with Gasteiger partial charge in [0.1, 0.15) is 23.7 Å². The molecule has 8 nitrogen and oxygen atoms in total. The molecule has 1 aliphatic heterocycles. The molecule has 1 saturated heterocycles. The number of anilines is 2. The van der Waals surface area contributed by atoms with E-state index in [0.717, 1.165) is 16.3 Å². The summed E-state index contributed by atoms with van der Waals surface area (Å²) >= 11 is 0. The Balaban J connectivity index is 1.41. The lowest BCUT2D eigenvalue weighted by Crippen LogP contribution is -2.40. The van der Waals surface area contributed by atoms with Crippen molar-refractivity contribution in [2.24, 2.45) is 0 Å². The van der Waals surface area contributed by atoms with Gasteiger partial charge in [-0.3, -0.25) is 4.79 Å². The van der Waals surface area contributed by atoms with Crippen molar-refractivity contribution >= 4 is 28.3 Å².